The third-order valence-electron chi connectivity index (χ3n) is 6.35. The van der Waals surface area contributed by atoms with Gasteiger partial charge in [0.15, 0.2) is 11.6 Å². The van der Waals surface area contributed by atoms with Crippen LogP contribution in [0.25, 0.3) is 22.4 Å². The number of halogens is 1. The number of nitrogens with zero attached hydrogens (tertiary/aromatic N) is 10. The van der Waals surface area contributed by atoms with Gasteiger partial charge in [0.05, 0.1) is 40.7 Å². The molecule has 1 fully saturated rings. The Hall–Kier alpha value is -5.01. The maximum absolute atomic E-state index is 14.8. The third kappa shape index (κ3) is 3.78. The largest absolute Gasteiger partial charge is 0.357 e. The zero-order valence-corrected chi connectivity index (χ0v) is 19.6. The summed E-state index contributed by atoms with van der Waals surface area (Å²) in [5.74, 6) is -1.44. The lowest BCUT2D eigenvalue weighted by molar-refractivity contribution is -0.127. The quantitative estimate of drug-likeness (QED) is 0.277. The molecule has 0 saturated carbocycles. The van der Waals surface area contributed by atoms with E-state index in [1.54, 1.807) is 10.9 Å². The molecule has 1 amide bonds. The van der Waals surface area contributed by atoms with Crippen molar-refractivity contribution < 1.29 is 14.0 Å². The van der Waals surface area contributed by atoms with Crippen molar-refractivity contribution in [3.63, 3.8) is 0 Å². The highest BCUT2D eigenvalue weighted by molar-refractivity contribution is 6.45. The molecule has 1 aromatic carbocycles. The number of benzene rings is 1. The molecule has 186 valence electrons. The molecule has 1 aliphatic rings. The number of fused-ring (bicyclic) bond motifs is 1. The number of H-pyrrole nitrogens is 1. The summed E-state index contributed by atoms with van der Waals surface area (Å²) in [6, 6.07) is 9.31. The molecule has 6 rings (SSSR count). The van der Waals surface area contributed by atoms with Gasteiger partial charge in [0.1, 0.15) is 0 Å². The highest BCUT2D eigenvalue weighted by Gasteiger charge is 2.34. The summed E-state index contributed by atoms with van der Waals surface area (Å²) in [6.45, 7) is 2.88. The van der Waals surface area contributed by atoms with E-state index in [0.29, 0.717) is 12.5 Å². The molecular formula is C23H20FN11O2. The third-order valence-corrected chi connectivity index (χ3v) is 6.35. The summed E-state index contributed by atoms with van der Waals surface area (Å²) in [6.07, 6.45) is 5.31. The van der Waals surface area contributed by atoms with Gasteiger partial charge in [-0.3, -0.25) is 9.59 Å². The van der Waals surface area contributed by atoms with Crippen LogP contribution in [0.4, 0.5) is 10.3 Å². The summed E-state index contributed by atoms with van der Waals surface area (Å²) < 4.78 is 17.8. The number of rotatable bonds is 5. The predicted octanol–water partition coefficient (Wildman–Crippen LogP) is 1.18. The molecule has 5 aromatic rings. The predicted molar refractivity (Wildman–Crippen MR) is 128 cm³/mol. The zero-order valence-electron chi connectivity index (χ0n) is 19.6. The smallest absolute Gasteiger partial charge is 0.295 e. The molecule has 13 nitrogen and oxygen atoms in total. The van der Waals surface area contributed by atoms with Crippen molar-refractivity contribution in [2.24, 2.45) is 0 Å². The summed E-state index contributed by atoms with van der Waals surface area (Å²) in [7, 11) is 0. The van der Waals surface area contributed by atoms with Crippen LogP contribution in [0.5, 0.6) is 0 Å². The number of hydrogen-bond acceptors (Lipinski definition) is 9. The Bertz CT molecular complexity index is 1600. The van der Waals surface area contributed by atoms with Crippen molar-refractivity contribution in [1.82, 2.24) is 50.1 Å². The van der Waals surface area contributed by atoms with Gasteiger partial charge in [-0.05, 0) is 29.5 Å². The van der Waals surface area contributed by atoms with E-state index >= 15 is 0 Å². The first kappa shape index (κ1) is 22.5. The molecule has 0 spiro atoms. The minimum Gasteiger partial charge on any atom is -0.357 e. The minimum atomic E-state index is -0.810. The van der Waals surface area contributed by atoms with Crippen LogP contribution < -0.4 is 4.90 Å². The van der Waals surface area contributed by atoms with E-state index < -0.39 is 17.5 Å². The van der Waals surface area contributed by atoms with Crippen LogP contribution in [0, 0.1) is 5.82 Å². The molecule has 0 radical (unpaired) electrons. The average molecular weight is 501 g/mol. The topological polar surface area (TPSA) is 144 Å². The first-order valence-electron chi connectivity index (χ1n) is 11.5. The van der Waals surface area contributed by atoms with Crippen molar-refractivity contribution in [2.45, 2.75) is 13.0 Å². The lowest BCUT2D eigenvalue weighted by Crippen LogP contribution is -2.55. The van der Waals surface area contributed by atoms with Crippen LogP contribution in [-0.4, -0.2) is 87.4 Å². The summed E-state index contributed by atoms with van der Waals surface area (Å²) in [5, 5.41) is 19.7. The van der Waals surface area contributed by atoms with Gasteiger partial charge < -0.3 is 14.8 Å². The number of tetrazole rings is 1. The maximum Gasteiger partial charge on any atom is 0.295 e. The van der Waals surface area contributed by atoms with Crippen molar-refractivity contribution in [3.05, 3.63) is 66.5 Å². The number of pyridine rings is 1. The second-order valence-electron chi connectivity index (χ2n) is 8.58. The number of nitrogens with one attached hydrogen (secondary N) is 1. The Morgan fingerprint density at radius 2 is 1.97 bits per heavy atom. The van der Waals surface area contributed by atoms with Crippen molar-refractivity contribution in [2.75, 3.05) is 24.5 Å². The second kappa shape index (κ2) is 8.89. The Morgan fingerprint density at radius 3 is 2.73 bits per heavy atom. The van der Waals surface area contributed by atoms with Crippen molar-refractivity contribution in [3.8, 4) is 11.5 Å². The average Bonchev–Trinajstić information content (AvgIpc) is 3.70. The zero-order chi connectivity index (χ0) is 25.5. The molecular weight excluding hydrogens is 481 g/mol. The van der Waals surface area contributed by atoms with Gasteiger partial charge in [-0.25, -0.2) is 14.1 Å². The fourth-order valence-electron chi connectivity index (χ4n) is 4.56. The highest BCUT2D eigenvalue weighted by atomic mass is 19.1. The SMILES string of the molecule is C[C@@H]1CN(C(=O)C(=O)c2c[nH]c3c(-n4ccnn4)ncc(F)c23)CCN1c1nnnn1-c1ccccc1. The monoisotopic (exact) mass is 501 g/mol. The van der Waals surface area contributed by atoms with Crippen LogP contribution in [-0.2, 0) is 4.79 Å². The number of carbonyl (C=O) groups excluding carboxylic acids is 2. The first-order chi connectivity index (χ1) is 18.0. The second-order valence-corrected chi connectivity index (χ2v) is 8.58. The van der Waals surface area contributed by atoms with Gasteiger partial charge in [0, 0.05) is 31.9 Å². The van der Waals surface area contributed by atoms with Gasteiger partial charge in [0.25, 0.3) is 17.6 Å². The van der Waals surface area contributed by atoms with E-state index in [4.69, 9.17) is 0 Å². The molecule has 14 heteroatoms. The van der Waals surface area contributed by atoms with Crippen LogP contribution >= 0.6 is 0 Å². The lowest BCUT2D eigenvalue weighted by atomic mass is 10.1. The van der Waals surface area contributed by atoms with E-state index in [2.05, 4.69) is 35.8 Å². The number of ketones is 1. The summed E-state index contributed by atoms with van der Waals surface area (Å²) in [4.78, 5) is 36.8. The van der Waals surface area contributed by atoms with Crippen LogP contribution in [0.1, 0.15) is 17.3 Å². The van der Waals surface area contributed by atoms with E-state index in [1.807, 2.05) is 42.2 Å². The standard InChI is InChI=1S/C23H20FN11O2/c1-14-13-32(9-10-33(14)23-28-29-31-35(23)15-5-3-2-4-6-15)22(37)20(36)16-11-25-19-18(16)17(24)12-26-21(19)34-8-7-27-30-34/h2-8,11-12,14,25H,9-10,13H2,1H3/t14-/m1/s1. The van der Waals surface area contributed by atoms with Crippen molar-refractivity contribution >= 4 is 28.5 Å². The lowest BCUT2D eigenvalue weighted by Gasteiger charge is -2.39. The maximum atomic E-state index is 14.8. The fraction of sp³-hybridized carbons (Fsp3) is 0.217. The van der Waals surface area contributed by atoms with Crippen molar-refractivity contribution in [1.29, 1.82) is 0 Å². The number of aromatic nitrogens is 9. The number of Topliss-reactive ketones (excluding diaryl/α,β-unsaturated/α-hetero) is 1. The van der Waals surface area contributed by atoms with Gasteiger partial charge >= 0.3 is 0 Å². The molecule has 37 heavy (non-hydrogen) atoms. The number of piperazine rings is 1. The summed E-state index contributed by atoms with van der Waals surface area (Å²) >= 11 is 0. The van der Waals surface area contributed by atoms with Crippen LogP contribution in [0.2, 0.25) is 0 Å². The Balaban J connectivity index is 1.23. The Morgan fingerprint density at radius 1 is 1.14 bits per heavy atom. The molecule has 0 unspecified atom stereocenters. The van der Waals surface area contributed by atoms with Gasteiger partial charge in [-0.1, -0.05) is 28.5 Å². The first-order valence-corrected chi connectivity index (χ1v) is 11.5. The molecule has 0 aliphatic carbocycles. The normalized spacial score (nSPS) is 15.9. The minimum absolute atomic E-state index is 0.0208. The fourth-order valence-corrected chi connectivity index (χ4v) is 4.56. The number of anilines is 1. The van der Waals surface area contributed by atoms with E-state index in [1.165, 1.54) is 22.0 Å². The number of aromatic amines is 1. The highest BCUT2D eigenvalue weighted by Crippen LogP contribution is 2.27. The molecule has 4 aromatic heterocycles. The van der Waals surface area contributed by atoms with Gasteiger partial charge in [-0.2, -0.15) is 4.68 Å². The van der Waals surface area contributed by atoms with E-state index in [-0.39, 0.29) is 41.4 Å². The molecule has 1 aliphatic heterocycles. The molecule has 1 saturated heterocycles. The number of carbonyl (C=O) groups is 2. The van der Waals surface area contributed by atoms with E-state index in [9.17, 15) is 14.0 Å². The van der Waals surface area contributed by atoms with Gasteiger partial charge in [-0.15, -0.1) is 5.10 Å². The van der Waals surface area contributed by atoms with Crippen LogP contribution in [0.15, 0.2) is 55.1 Å². The number of hydrogen-bond donors (Lipinski definition) is 1. The Labute approximate surface area is 208 Å². The van der Waals surface area contributed by atoms with Crippen LogP contribution in [0.3, 0.4) is 0 Å². The van der Waals surface area contributed by atoms with E-state index in [0.717, 1.165) is 11.9 Å². The molecule has 5 heterocycles. The number of para-hydroxylation sites is 1. The molecule has 1 N–H and O–H groups in total. The molecule has 0 bridgehead atoms. The Kier molecular flexibility index (Phi) is 5.40. The molecule has 1 atom stereocenters. The van der Waals surface area contributed by atoms with Gasteiger partial charge in [0.2, 0.25) is 0 Å². The summed E-state index contributed by atoms with van der Waals surface area (Å²) in [5.41, 5.74) is 0.987. The number of amides is 1.